The zero-order valence-electron chi connectivity index (χ0n) is 20.9. The first-order chi connectivity index (χ1) is 18.9. The molecule has 1 N–H and O–H groups in total. The van der Waals surface area contributed by atoms with Crippen molar-refractivity contribution in [2.75, 3.05) is 0 Å². The van der Waals surface area contributed by atoms with Gasteiger partial charge in [-0.05, 0) is 35.9 Å². The largest absolute Gasteiger partial charge is 0.355 e. The smallest absolute Gasteiger partial charge is 0.0541 e. The molecule has 0 bridgehead atoms. The van der Waals surface area contributed by atoms with Crippen molar-refractivity contribution in [1.82, 2.24) is 9.55 Å². The summed E-state index contributed by atoms with van der Waals surface area (Å²) in [4.78, 5) is 3.38. The highest BCUT2D eigenvalue weighted by Gasteiger charge is 2.14. The molecule has 0 saturated heterocycles. The molecule has 0 radical (unpaired) electrons. The highest BCUT2D eigenvalue weighted by molar-refractivity contribution is 6.10. The van der Waals surface area contributed by atoms with Gasteiger partial charge in [0.25, 0.3) is 0 Å². The molecule has 0 unspecified atom stereocenters. The maximum Gasteiger partial charge on any atom is 0.0541 e. The van der Waals surface area contributed by atoms with Gasteiger partial charge in [-0.25, -0.2) is 0 Å². The Hall–Kier alpha value is -5.08. The topological polar surface area (TPSA) is 20.7 Å². The first-order valence-corrected chi connectivity index (χ1v) is 13.0. The van der Waals surface area contributed by atoms with Crippen LogP contribution in [0.2, 0.25) is 0 Å². The minimum atomic E-state index is 1.21. The summed E-state index contributed by atoms with van der Waals surface area (Å²) in [6.45, 7) is 0. The number of aromatic amines is 1. The monoisotopic (exact) mass is 486 g/mol. The van der Waals surface area contributed by atoms with Crippen molar-refractivity contribution < 1.29 is 0 Å². The van der Waals surface area contributed by atoms with E-state index < -0.39 is 0 Å². The second-order valence-corrected chi connectivity index (χ2v) is 9.47. The lowest BCUT2D eigenvalue weighted by Crippen LogP contribution is -1.96. The quantitative estimate of drug-likeness (QED) is 0.251. The van der Waals surface area contributed by atoms with Gasteiger partial charge in [0.1, 0.15) is 0 Å². The molecule has 0 aliphatic carbocycles. The first kappa shape index (κ1) is 22.1. The number of para-hydroxylation sites is 5. The number of fused-ring (bicyclic) bond motifs is 6. The molecule has 8 aromatic rings. The fourth-order valence-corrected chi connectivity index (χ4v) is 5.51. The van der Waals surface area contributed by atoms with Crippen LogP contribution in [0.15, 0.2) is 152 Å². The molecule has 0 atom stereocenters. The second-order valence-electron chi connectivity index (χ2n) is 9.47. The van der Waals surface area contributed by atoms with Crippen molar-refractivity contribution in [2.45, 2.75) is 0 Å². The fraction of sp³-hybridized carbons (Fsp3) is 0. The summed E-state index contributed by atoms with van der Waals surface area (Å²) >= 11 is 0. The molecule has 2 heterocycles. The highest BCUT2D eigenvalue weighted by Crippen LogP contribution is 2.35. The molecule has 180 valence electrons. The number of rotatable bonds is 2. The maximum absolute atomic E-state index is 3.38. The number of aromatic nitrogens is 2. The molecule has 0 amide bonds. The van der Waals surface area contributed by atoms with Crippen LogP contribution in [0.3, 0.4) is 0 Å². The van der Waals surface area contributed by atoms with E-state index in [1.54, 1.807) is 0 Å². The van der Waals surface area contributed by atoms with Crippen LogP contribution in [0, 0.1) is 0 Å². The minimum Gasteiger partial charge on any atom is -0.355 e. The molecular formula is C36H26N2. The number of nitrogens with one attached hydrogen (secondary N) is 1. The van der Waals surface area contributed by atoms with Gasteiger partial charge < -0.3 is 9.55 Å². The average molecular weight is 487 g/mol. The summed E-state index contributed by atoms with van der Waals surface area (Å²) in [5, 5.41) is 5.19. The van der Waals surface area contributed by atoms with Gasteiger partial charge in [-0.3, -0.25) is 0 Å². The van der Waals surface area contributed by atoms with Crippen LogP contribution in [-0.2, 0) is 0 Å². The van der Waals surface area contributed by atoms with E-state index in [0.29, 0.717) is 0 Å². The van der Waals surface area contributed by atoms with Gasteiger partial charge in [0.05, 0.1) is 16.7 Å². The van der Waals surface area contributed by atoms with Crippen molar-refractivity contribution in [2.24, 2.45) is 0 Å². The summed E-state index contributed by atoms with van der Waals surface area (Å²) in [5.41, 5.74) is 8.60. The normalized spacial score (nSPS) is 11.2. The number of benzene rings is 6. The van der Waals surface area contributed by atoms with Crippen LogP contribution >= 0.6 is 0 Å². The Kier molecular flexibility index (Phi) is 5.49. The summed E-state index contributed by atoms with van der Waals surface area (Å²) in [6.07, 6.45) is 0. The maximum atomic E-state index is 3.38. The Bertz CT molecular complexity index is 1920. The van der Waals surface area contributed by atoms with E-state index in [4.69, 9.17) is 0 Å². The number of nitrogens with zero attached hydrogens (tertiary/aromatic N) is 1. The van der Waals surface area contributed by atoms with Gasteiger partial charge in [0.2, 0.25) is 0 Å². The van der Waals surface area contributed by atoms with E-state index in [1.165, 1.54) is 60.4 Å². The first-order valence-electron chi connectivity index (χ1n) is 13.0. The lowest BCUT2D eigenvalue weighted by Gasteiger charge is -2.13. The highest BCUT2D eigenvalue weighted by atomic mass is 15.0. The summed E-state index contributed by atoms with van der Waals surface area (Å²) < 4.78 is 2.38. The Morgan fingerprint density at radius 3 is 1.42 bits per heavy atom. The van der Waals surface area contributed by atoms with E-state index in [-0.39, 0.29) is 0 Å². The molecular weight excluding hydrogens is 460 g/mol. The van der Waals surface area contributed by atoms with Crippen LogP contribution in [0.4, 0.5) is 0 Å². The third-order valence-electron chi connectivity index (χ3n) is 7.22. The van der Waals surface area contributed by atoms with Crippen molar-refractivity contribution in [3.8, 4) is 16.8 Å². The summed E-state index contributed by atoms with van der Waals surface area (Å²) in [7, 11) is 0. The van der Waals surface area contributed by atoms with Gasteiger partial charge in [-0.1, -0.05) is 121 Å². The molecule has 2 nitrogen and oxygen atoms in total. The van der Waals surface area contributed by atoms with Crippen LogP contribution < -0.4 is 0 Å². The predicted molar refractivity (Wildman–Crippen MR) is 162 cm³/mol. The Morgan fingerprint density at radius 1 is 0.368 bits per heavy atom. The Labute approximate surface area is 221 Å². The molecule has 0 aliphatic heterocycles. The lowest BCUT2D eigenvalue weighted by molar-refractivity contribution is 1.18. The van der Waals surface area contributed by atoms with Crippen molar-refractivity contribution in [1.29, 1.82) is 0 Å². The van der Waals surface area contributed by atoms with E-state index >= 15 is 0 Å². The molecule has 6 aromatic carbocycles. The van der Waals surface area contributed by atoms with Gasteiger partial charge in [0, 0.05) is 38.1 Å². The Balaban J connectivity index is 0.000000156. The molecule has 0 spiro atoms. The number of H-pyrrole nitrogens is 1. The lowest BCUT2D eigenvalue weighted by atomic mass is 10.0. The SMILES string of the molecule is c1ccc(-c2ccccc2-n2c3ccccc3c3ccccc32)cc1.c1ccc2c(c1)[nH]c1ccccc12. The molecule has 0 aliphatic rings. The van der Waals surface area contributed by atoms with E-state index in [0.717, 1.165) is 0 Å². The third-order valence-corrected chi connectivity index (χ3v) is 7.22. The zero-order chi connectivity index (χ0) is 25.3. The number of hydrogen-bond donors (Lipinski definition) is 1. The molecule has 2 heteroatoms. The van der Waals surface area contributed by atoms with Gasteiger partial charge in [-0.2, -0.15) is 0 Å². The molecule has 38 heavy (non-hydrogen) atoms. The standard InChI is InChI=1S/C24H17N.C12H9N/c1-2-10-18(11-3-1)19-12-4-7-15-22(19)25-23-16-8-5-13-20(23)21-14-6-9-17-24(21)25;1-3-7-11-9(5-1)10-6-2-4-8-12(10)13-11/h1-17H;1-8,13H. The Morgan fingerprint density at radius 2 is 0.816 bits per heavy atom. The minimum absolute atomic E-state index is 1.21. The molecule has 8 rings (SSSR count). The van der Waals surface area contributed by atoms with Gasteiger partial charge in [-0.15, -0.1) is 0 Å². The molecule has 0 saturated carbocycles. The molecule has 2 aromatic heterocycles. The molecule has 0 fully saturated rings. The predicted octanol–water partition coefficient (Wildman–Crippen LogP) is 9.77. The van der Waals surface area contributed by atoms with Crippen LogP contribution in [-0.4, -0.2) is 9.55 Å². The van der Waals surface area contributed by atoms with Crippen molar-refractivity contribution in [3.63, 3.8) is 0 Å². The van der Waals surface area contributed by atoms with Crippen molar-refractivity contribution >= 4 is 43.6 Å². The third kappa shape index (κ3) is 3.75. The summed E-state index contributed by atoms with van der Waals surface area (Å²) in [6, 6.07) is 53.3. The van der Waals surface area contributed by atoms with E-state index in [2.05, 4.69) is 161 Å². The second kappa shape index (κ2) is 9.42. The average Bonchev–Trinajstić information content (AvgIpc) is 3.54. The van der Waals surface area contributed by atoms with Crippen LogP contribution in [0.1, 0.15) is 0 Å². The van der Waals surface area contributed by atoms with Crippen LogP contribution in [0.25, 0.3) is 60.4 Å². The van der Waals surface area contributed by atoms with E-state index in [9.17, 15) is 0 Å². The summed E-state index contributed by atoms with van der Waals surface area (Å²) in [5.74, 6) is 0. The van der Waals surface area contributed by atoms with Gasteiger partial charge >= 0.3 is 0 Å². The van der Waals surface area contributed by atoms with Crippen LogP contribution in [0.5, 0.6) is 0 Å². The zero-order valence-corrected chi connectivity index (χ0v) is 20.9. The van der Waals surface area contributed by atoms with Crippen molar-refractivity contribution in [3.05, 3.63) is 152 Å². The van der Waals surface area contributed by atoms with Gasteiger partial charge in [0.15, 0.2) is 0 Å². The van der Waals surface area contributed by atoms with E-state index in [1.807, 2.05) is 0 Å². The fourth-order valence-electron chi connectivity index (χ4n) is 5.51. The number of hydrogen-bond acceptors (Lipinski definition) is 0.